The average molecular weight is 273 g/mol. The van der Waals surface area contributed by atoms with E-state index >= 15 is 0 Å². The molecular weight excluding hydrogens is 254 g/mol. The maximum absolute atomic E-state index is 10.9. The van der Waals surface area contributed by atoms with Crippen LogP contribution in [0.4, 0.5) is 11.4 Å². The van der Waals surface area contributed by atoms with Gasteiger partial charge in [-0.3, -0.25) is 15.0 Å². The second-order valence-corrected chi connectivity index (χ2v) is 6.31. The van der Waals surface area contributed by atoms with E-state index in [0.717, 1.165) is 37.7 Å². The van der Waals surface area contributed by atoms with Gasteiger partial charge in [-0.25, -0.2) is 0 Å². The molecule has 0 amide bonds. The predicted molar refractivity (Wildman–Crippen MR) is 77.1 cm³/mol. The minimum absolute atomic E-state index is 0.211. The zero-order valence-electron chi connectivity index (χ0n) is 11.5. The molecule has 0 radical (unpaired) electrons. The molecule has 1 aromatic carbocycles. The van der Waals surface area contributed by atoms with E-state index in [0.29, 0.717) is 6.04 Å². The molecule has 0 spiro atoms. The number of piperazine rings is 1. The van der Waals surface area contributed by atoms with Crippen molar-refractivity contribution >= 4 is 11.4 Å². The number of fused-ring (bicyclic) bond motifs is 4. The second-order valence-electron chi connectivity index (χ2n) is 6.31. The first-order valence-electron chi connectivity index (χ1n) is 7.47. The molecule has 1 atom stereocenters. The number of anilines is 1. The third-order valence-electron chi connectivity index (χ3n) is 4.87. The van der Waals surface area contributed by atoms with Crippen LogP contribution in [0.3, 0.4) is 0 Å². The summed E-state index contributed by atoms with van der Waals surface area (Å²) in [4.78, 5) is 15.6. The summed E-state index contributed by atoms with van der Waals surface area (Å²) in [5, 5.41) is 10.9. The van der Waals surface area contributed by atoms with Crippen molar-refractivity contribution < 1.29 is 4.92 Å². The van der Waals surface area contributed by atoms with Crippen molar-refractivity contribution in [2.24, 2.45) is 5.92 Å². The van der Waals surface area contributed by atoms with E-state index in [9.17, 15) is 10.1 Å². The topological polar surface area (TPSA) is 49.6 Å². The molecule has 4 rings (SSSR count). The van der Waals surface area contributed by atoms with E-state index in [4.69, 9.17) is 0 Å². The van der Waals surface area contributed by atoms with Gasteiger partial charge < -0.3 is 4.90 Å². The Bertz CT molecular complexity index is 556. The Hall–Kier alpha value is -1.62. The van der Waals surface area contributed by atoms with Crippen molar-refractivity contribution in [2.45, 2.75) is 25.3 Å². The van der Waals surface area contributed by atoms with Crippen LogP contribution >= 0.6 is 0 Å². The first-order valence-corrected chi connectivity index (χ1v) is 7.47. The van der Waals surface area contributed by atoms with Crippen LogP contribution in [0.1, 0.15) is 18.4 Å². The molecule has 2 heterocycles. The number of nitrogens with zero attached hydrogens (tertiary/aromatic N) is 3. The first-order chi connectivity index (χ1) is 9.70. The van der Waals surface area contributed by atoms with Crippen LogP contribution in [0.15, 0.2) is 18.2 Å². The van der Waals surface area contributed by atoms with Gasteiger partial charge in [-0.2, -0.15) is 0 Å². The van der Waals surface area contributed by atoms with E-state index in [2.05, 4.69) is 9.80 Å². The van der Waals surface area contributed by atoms with E-state index in [-0.39, 0.29) is 10.6 Å². The van der Waals surface area contributed by atoms with Gasteiger partial charge in [-0.1, -0.05) is 6.07 Å². The van der Waals surface area contributed by atoms with Crippen LogP contribution < -0.4 is 4.90 Å². The van der Waals surface area contributed by atoms with E-state index in [1.165, 1.54) is 24.9 Å². The quantitative estimate of drug-likeness (QED) is 0.625. The molecule has 2 bridgehead atoms. The molecule has 106 valence electrons. The summed E-state index contributed by atoms with van der Waals surface area (Å²) in [6.45, 7) is 4.38. The van der Waals surface area contributed by atoms with Gasteiger partial charge in [0.2, 0.25) is 0 Å². The maximum Gasteiger partial charge on any atom is 0.271 e. The fourth-order valence-corrected chi connectivity index (χ4v) is 3.56. The number of nitro benzene ring substituents is 1. The summed E-state index contributed by atoms with van der Waals surface area (Å²) >= 11 is 0. The summed E-state index contributed by atoms with van der Waals surface area (Å²) in [6.07, 6.45) is 3.84. The lowest BCUT2D eigenvalue weighted by Gasteiger charge is -2.46. The molecule has 1 unspecified atom stereocenters. The Morgan fingerprint density at radius 2 is 2.15 bits per heavy atom. The third kappa shape index (κ3) is 2.06. The lowest BCUT2D eigenvalue weighted by molar-refractivity contribution is -0.384. The monoisotopic (exact) mass is 273 g/mol. The highest BCUT2D eigenvalue weighted by Crippen LogP contribution is 2.36. The largest absolute Gasteiger partial charge is 0.368 e. The van der Waals surface area contributed by atoms with E-state index in [1.54, 1.807) is 12.1 Å². The number of hydrogen-bond donors (Lipinski definition) is 0. The first kappa shape index (κ1) is 12.1. The van der Waals surface area contributed by atoms with Gasteiger partial charge in [0.05, 0.1) is 4.92 Å². The molecule has 1 saturated carbocycles. The Morgan fingerprint density at radius 1 is 1.30 bits per heavy atom. The Morgan fingerprint density at radius 3 is 2.90 bits per heavy atom. The van der Waals surface area contributed by atoms with Crippen molar-refractivity contribution in [3.63, 3.8) is 0 Å². The summed E-state index contributed by atoms with van der Waals surface area (Å²) in [5.41, 5.74) is 2.57. The van der Waals surface area contributed by atoms with Crippen molar-refractivity contribution in [3.8, 4) is 0 Å². The molecule has 1 aliphatic carbocycles. The molecule has 20 heavy (non-hydrogen) atoms. The SMILES string of the molecule is O=[N+]([O-])c1ccc2c(c1)N1CCN(CC3CC3)C(C2)C1. The van der Waals surface area contributed by atoms with Crippen LogP contribution in [-0.2, 0) is 6.42 Å². The Labute approximate surface area is 118 Å². The number of benzene rings is 1. The number of hydrogen-bond acceptors (Lipinski definition) is 4. The number of rotatable bonds is 3. The summed E-state index contributed by atoms with van der Waals surface area (Å²) < 4.78 is 0. The van der Waals surface area contributed by atoms with Crippen LogP contribution in [-0.4, -0.2) is 42.0 Å². The van der Waals surface area contributed by atoms with Crippen molar-refractivity contribution in [2.75, 3.05) is 31.1 Å². The molecule has 5 heteroatoms. The highest BCUT2D eigenvalue weighted by Gasteiger charge is 2.36. The van der Waals surface area contributed by atoms with E-state index in [1.807, 2.05) is 6.07 Å². The van der Waals surface area contributed by atoms with Crippen LogP contribution in [0.2, 0.25) is 0 Å². The van der Waals surface area contributed by atoms with Crippen molar-refractivity contribution in [1.29, 1.82) is 0 Å². The van der Waals surface area contributed by atoms with Crippen molar-refractivity contribution in [1.82, 2.24) is 4.90 Å². The standard InChI is InChI=1S/C15H19N3O2/c19-18(20)13-4-3-12-7-14-10-17(15(12)8-13)6-5-16(14)9-11-1-2-11/h3-4,8,11,14H,1-2,5-7,9-10H2. The van der Waals surface area contributed by atoms with Gasteiger partial charge >= 0.3 is 0 Å². The lowest BCUT2D eigenvalue weighted by atomic mass is 9.94. The molecule has 2 fully saturated rings. The van der Waals surface area contributed by atoms with Gasteiger partial charge in [0.1, 0.15) is 0 Å². The molecule has 5 nitrogen and oxygen atoms in total. The second kappa shape index (κ2) is 4.45. The fraction of sp³-hybridized carbons (Fsp3) is 0.600. The number of non-ortho nitro benzene ring substituents is 1. The number of nitro groups is 1. The predicted octanol–water partition coefficient (Wildman–Crippen LogP) is 2.05. The Balaban J connectivity index is 1.60. The summed E-state index contributed by atoms with van der Waals surface area (Å²) in [6, 6.07) is 5.94. The minimum Gasteiger partial charge on any atom is -0.368 e. The van der Waals surface area contributed by atoms with Crippen molar-refractivity contribution in [3.05, 3.63) is 33.9 Å². The van der Waals surface area contributed by atoms with Crippen LogP contribution in [0.5, 0.6) is 0 Å². The fourth-order valence-electron chi connectivity index (χ4n) is 3.56. The molecule has 0 aromatic heterocycles. The Kier molecular flexibility index (Phi) is 2.70. The van der Waals surface area contributed by atoms with Crippen LogP contribution in [0.25, 0.3) is 0 Å². The third-order valence-corrected chi connectivity index (χ3v) is 4.87. The van der Waals surface area contributed by atoms with E-state index < -0.39 is 0 Å². The maximum atomic E-state index is 10.9. The van der Waals surface area contributed by atoms with Crippen LogP contribution in [0, 0.1) is 16.0 Å². The van der Waals surface area contributed by atoms with Gasteiger partial charge in [0.25, 0.3) is 5.69 Å². The highest BCUT2D eigenvalue weighted by molar-refractivity contribution is 5.61. The summed E-state index contributed by atoms with van der Waals surface area (Å²) in [7, 11) is 0. The highest BCUT2D eigenvalue weighted by atomic mass is 16.6. The molecule has 3 aliphatic rings. The van der Waals surface area contributed by atoms with Gasteiger partial charge in [0, 0.05) is 50.0 Å². The smallest absolute Gasteiger partial charge is 0.271 e. The molecule has 1 aromatic rings. The molecule has 0 N–H and O–H groups in total. The zero-order chi connectivity index (χ0) is 13.7. The summed E-state index contributed by atoms with van der Waals surface area (Å²) in [5.74, 6) is 0.930. The molecular formula is C15H19N3O2. The molecule has 2 aliphatic heterocycles. The van der Waals surface area contributed by atoms with Gasteiger partial charge in [-0.05, 0) is 30.7 Å². The van der Waals surface area contributed by atoms with Gasteiger partial charge in [-0.15, -0.1) is 0 Å². The average Bonchev–Trinajstić information content (AvgIpc) is 3.25. The zero-order valence-corrected chi connectivity index (χ0v) is 11.5. The minimum atomic E-state index is -0.296. The molecule has 1 saturated heterocycles. The lowest BCUT2D eigenvalue weighted by Crippen LogP contribution is -2.57. The normalized spacial score (nSPS) is 25.4. The van der Waals surface area contributed by atoms with Gasteiger partial charge in [0.15, 0.2) is 0 Å².